The number of hydrogen-bond acceptors (Lipinski definition) is 5. The Balaban J connectivity index is 1.35. The van der Waals surface area contributed by atoms with Crippen molar-refractivity contribution in [2.45, 2.75) is 30.3 Å². The second-order valence-electron chi connectivity index (χ2n) is 10.1. The maximum Gasteiger partial charge on any atom is 0.255 e. The molecule has 1 fully saturated rings. The predicted molar refractivity (Wildman–Crippen MR) is 163 cm³/mol. The lowest BCUT2D eigenvalue weighted by Crippen LogP contribution is -2.54. The van der Waals surface area contributed by atoms with Crippen LogP contribution in [0.3, 0.4) is 0 Å². The van der Waals surface area contributed by atoms with Gasteiger partial charge in [0.15, 0.2) is 0 Å². The van der Waals surface area contributed by atoms with Crippen LogP contribution in [0.5, 0.6) is 0 Å². The normalized spacial score (nSPS) is 15.8. The number of sulfonamides is 1. The van der Waals surface area contributed by atoms with Crippen molar-refractivity contribution in [1.29, 1.82) is 0 Å². The van der Waals surface area contributed by atoms with Crippen molar-refractivity contribution < 1.29 is 13.2 Å². The van der Waals surface area contributed by atoms with Crippen LogP contribution in [0, 0.1) is 0 Å². The molecule has 3 aromatic carbocycles. The number of anilines is 1. The smallest absolute Gasteiger partial charge is 0.255 e. The number of nitrogens with zero attached hydrogens (tertiary/aromatic N) is 4. The van der Waals surface area contributed by atoms with Gasteiger partial charge in [-0.25, -0.2) is 8.42 Å². The highest BCUT2D eigenvalue weighted by Gasteiger charge is 2.40. The van der Waals surface area contributed by atoms with Gasteiger partial charge in [0.25, 0.3) is 5.56 Å². The quantitative estimate of drug-likeness (QED) is 0.249. The predicted octanol–water partition coefficient (Wildman–Crippen LogP) is 5.43. The lowest BCUT2D eigenvalue weighted by Gasteiger charge is -2.38. The molecule has 0 bridgehead atoms. The summed E-state index contributed by atoms with van der Waals surface area (Å²) in [5.74, 6) is -0.300. The van der Waals surface area contributed by atoms with Gasteiger partial charge in [-0.05, 0) is 89.8 Å². The van der Waals surface area contributed by atoms with E-state index in [0.717, 1.165) is 10.8 Å². The van der Waals surface area contributed by atoms with Crippen molar-refractivity contribution in [2.75, 3.05) is 11.4 Å². The van der Waals surface area contributed by atoms with Crippen LogP contribution < -0.4 is 10.5 Å². The van der Waals surface area contributed by atoms with Gasteiger partial charge < -0.3 is 4.90 Å². The Morgan fingerprint density at radius 2 is 1.64 bits per heavy atom. The molecule has 8 nitrogen and oxygen atoms in total. The largest absolute Gasteiger partial charge is 0.311 e. The van der Waals surface area contributed by atoms with Gasteiger partial charge in [0, 0.05) is 54.1 Å². The van der Waals surface area contributed by atoms with Crippen LogP contribution in [-0.4, -0.2) is 40.8 Å². The van der Waals surface area contributed by atoms with Crippen LogP contribution >= 0.6 is 11.6 Å². The molecule has 0 radical (unpaired) electrons. The fraction of sp³-hybridized carbons (Fsp3) is 0.156. The van der Waals surface area contributed by atoms with E-state index in [9.17, 15) is 18.0 Å². The number of rotatable bonds is 7. The highest BCUT2D eigenvalue weighted by molar-refractivity contribution is 7.89. The summed E-state index contributed by atoms with van der Waals surface area (Å²) in [7, 11) is -4.10. The molecule has 6 rings (SSSR count). The van der Waals surface area contributed by atoms with Crippen LogP contribution in [0.4, 0.5) is 5.69 Å². The SMILES string of the molecule is O=C1C(N(Cc2cccnc2)S(=O)(=O)c2ccc3cc(Cl)ccc3c2)CCCN1c1ccc(-n2ccccc2=O)cc1. The van der Waals surface area contributed by atoms with Gasteiger partial charge in [0.05, 0.1) is 4.90 Å². The van der Waals surface area contributed by atoms with E-state index >= 15 is 0 Å². The Kier molecular flexibility index (Phi) is 7.64. The monoisotopic (exact) mass is 598 g/mol. The molecule has 1 atom stereocenters. The van der Waals surface area contributed by atoms with Crippen molar-refractivity contribution >= 4 is 44.0 Å². The van der Waals surface area contributed by atoms with Gasteiger partial charge in [-0.15, -0.1) is 0 Å². The van der Waals surface area contributed by atoms with E-state index in [1.165, 1.54) is 14.9 Å². The maximum absolute atomic E-state index is 14.2. The van der Waals surface area contributed by atoms with Gasteiger partial charge in [-0.2, -0.15) is 4.31 Å². The molecule has 1 saturated heterocycles. The van der Waals surface area contributed by atoms with Crippen LogP contribution in [0.1, 0.15) is 18.4 Å². The molecule has 0 N–H and O–H groups in total. The number of carbonyl (C=O) groups is 1. The zero-order chi connectivity index (χ0) is 29.3. The Bertz CT molecular complexity index is 1930. The van der Waals surface area contributed by atoms with Crippen LogP contribution in [-0.2, 0) is 21.4 Å². The Morgan fingerprint density at radius 3 is 2.40 bits per heavy atom. The van der Waals surface area contributed by atoms with Crippen LogP contribution in [0.15, 0.2) is 119 Å². The average molecular weight is 599 g/mol. The van der Waals surface area contributed by atoms with Gasteiger partial charge in [0.1, 0.15) is 6.04 Å². The molecule has 0 aliphatic carbocycles. The summed E-state index contributed by atoms with van der Waals surface area (Å²) < 4.78 is 31.3. The van der Waals surface area contributed by atoms with Gasteiger partial charge in [0.2, 0.25) is 15.9 Å². The lowest BCUT2D eigenvalue weighted by atomic mass is 10.0. The van der Waals surface area contributed by atoms with E-state index in [1.807, 2.05) is 0 Å². The molecule has 10 heteroatoms. The van der Waals surface area contributed by atoms with Crippen molar-refractivity contribution in [2.24, 2.45) is 0 Å². The van der Waals surface area contributed by atoms with Gasteiger partial charge >= 0.3 is 0 Å². The highest BCUT2D eigenvalue weighted by Crippen LogP contribution is 2.31. The van der Waals surface area contributed by atoms with E-state index in [2.05, 4.69) is 4.98 Å². The van der Waals surface area contributed by atoms with Crippen LogP contribution in [0.25, 0.3) is 16.5 Å². The van der Waals surface area contributed by atoms with Crippen molar-refractivity contribution in [3.05, 3.63) is 131 Å². The topological polar surface area (TPSA) is 92.6 Å². The molecule has 1 aliphatic heterocycles. The van der Waals surface area contributed by atoms with E-state index in [-0.39, 0.29) is 22.9 Å². The first-order valence-corrected chi connectivity index (χ1v) is 15.3. The van der Waals surface area contributed by atoms with E-state index < -0.39 is 16.1 Å². The van der Waals surface area contributed by atoms with Gasteiger partial charge in [-0.1, -0.05) is 35.9 Å². The van der Waals surface area contributed by atoms with Crippen molar-refractivity contribution in [3.8, 4) is 5.69 Å². The third-order valence-corrected chi connectivity index (χ3v) is 9.55. The number of hydrogen-bond donors (Lipinski definition) is 0. The minimum Gasteiger partial charge on any atom is -0.311 e. The zero-order valence-corrected chi connectivity index (χ0v) is 24.1. The number of benzene rings is 3. The van der Waals surface area contributed by atoms with Crippen LogP contribution in [0.2, 0.25) is 5.02 Å². The second-order valence-corrected chi connectivity index (χ2v) is 12.5. The first-order valence-electron chi connectivity index (χ1n) is 13.5. The minimum atomic E-state index is -4.10. The molecule has 1 amide bonds. The van der Waals surface area contributed by atoms with E-state index in [1.54, 1.807) is 108 Å². The van der Waals surface area contributed by atoms with Crippen molar-refractivity contribution in [3.63, 3.8) is 0 Å². The highest BCUT2D eigenvalue weighted by atomic mass is 35.5. The maximum atomic E-state index is 14.2. The summed E-state index contributed by atoms with van der Waals surface area (Å²) in [6.07, 6.45) is 5.92. The molecular formula is C32H27ClN4O4S. The molecule has 0 spiro atoms. The first-order chi connectivity index (χ1) is 20.3. The minimum absolute atomic E-state index is 0.00502. The second kappa shape index (κ2) is 11.5. The number of aromatic nitrogens is 2. The molecule has 3 heterocycles. The molecule has 2 aromatic heterocycles. The number of amides is 1. The number of carbonyl (C=O) groups excluding carboxylic acids is 1. The van der Waals surface area contributed by atoms with Gasteiger partial charge in [-0.3, -0.25) is 19.1 Å². The standard InChI is InChI=1S/C32H27ClN4O4S/c33-26-10-8-25-20-29(15-9-24(25)19-26)42(40,41)37(22-23-5-3-16-34-21-23)30-6-4-18-36(32(30)39)28-13-11-27(12-14-28)35-17-2-1-7-31(35)38/h1-3,5,7-17,19-21,30H,4,6,18,22H2. The molecule has 0 saturated carbocycles. The lowest BCUT2D eigenvalue weighted by molar-refractivity contribution is -0.123. The Hall–Kier alpha value is -4.31. The number of pyridine rings is 2. The van der Waals surface area contributed by atoms with E-state index in [0.29, 0.717) is 41.3 Å². The molecule has 1 unspecified atom stereocenters. The third-order valence-electron chi connectivity index (χ3n) is 7.46. The molecule has 5 aromatic rings. The first kappa shape index (κ1) is 27.8. The fourth-order valence-electron chi connectivity index (χ4n) is 5.34. The molecular weight excluding hydrogens is 572 g/mol. The summed E-state index contributed by atoms with van der Waals surface area (Å²) in [5.41, 5.74) is 1.83. The number of halogens is 1. The number of fused-ring (bicyclic) bond motifs is 1. The zero-order valence-electron chi connectivity index (χ0n) is 22.5. The number of piperidine rings is 1. The molecule has 42 heavy (non-hydrogen) atoms. The Morgan fingerprint density at radius 1 is 0.881 bits per heavy atom. The summed E-state index contributed by atoms with van der Waals surface area (Å²) in [6, 6.07) is 24.9. The molecule has 1 aliphatic rings. The summed E-state index contributed by atoms with van der Waals surface area (Å²) in [4.78, 5) is 32.2. The summed E-state index contributed by atoms with van der Waals surface area (Å²) >= 11 is 6.13. The third kappa shape index (κ3) is 5.46. The van der Waals surface area contributed by atoms with E-state index in [4.69, 9.17) is 11.6 Å². The summed E-state index contributed by atoms with van der Waals surface area (Å²) in [6.45, 7) is 0.451. The fourth-order valence-corrected chi connectivity index (χ4v) is 7.16. The van der Waals surface area contributed by atoms with Crippen molar-refractivity contribution in [1.82, 2.24) is 13.9 Å². The summed E-state index contributed by atoms with van der Waals surface area (Å²) in [5, 5.41) is 2.12. The average Bonchev–Trinajstić information content (AvgIpc) is 3.01. The Labute approximate surface area is 248 Å². The molecule has 212 valence electrons.